The second-order valence-electron chi connectivity index (χ2n) is 12.5. The Morgan fingerprint density at radius 2 is 0.959 bits per heavy atom. The van der Waals surface area contributed by atoms with E-state index in [1.54, 1.807) is 0 Å². The van der Waals surface area contributed by atoms with Gasteiger partial charge in [-0.1, -0.05) is 127 Å². The number of para-hydroxylation sites is 5. The maximum absolute atomic E-state index is 2.48. The van der Waals surface area contributed by atoms with Crippen molar-refractivity contribution in [1.29, 1.82) is 0 Å². The van der Waals surface area contributed by atoms with Crippen LogP contribution < -0.4 is 4.90 Å². The Kier molecular flexibility index (Phi) is 6.39. The minimum Gasteiger partial charge on any atom is -0.307 e. The number of benzene rings is 8. The van der Waals surface area contributed by atoms with Gasteiger partial charge < -0.3 is 9.47 Å². The third kappa shape index (κ3) is 4.40. The van der Waals surface area contributed by atoms with E-state index in [0.29, 0.717) is 0 Å². The highest BCUT2D eigenvalue weighted by Crippen LogP contribution is 2.47. The fourth-order valence-electron chi connectivity index (χ4n) is 7.62. The first-order chi connectivity index (χ1) is 24.3. The SMILES string of the molecule is c1ccc(N(c2ccccc2-n2c3ccccc3c3ccccc32)c2cccc3ccccc23)c(-c2ccc3sc4ccccc4c3c2)c1. The molecule has 49 heavy (non-hydrogen) atoms. The molecule has 230 valence electrons. The fraction of sp³-hybridized carbons (Fsp3) is 0. The van der Waals surface area contributed by atoms with Crippen LogP contribution >= 0.6 is 11.3 Å². The van der Waals surface area contributed by atoms with Crippen molar-refractivity contribution >= 4 is 81.1 Å². The predicted molar refractivity (Wildman–Crippen MR) is 211 cm³/mol. The van der Waals surface area contributed by atoms with Crippen LogP contribution in [0.25, 0.3) is 69.6 Å². The third-order valence-electron chi connectivity index (χ3n) is 9.78. The minimum absolute atomic E-state index is 1.11. The van der Waals surface area contributed by atoms with E-state index in [4.69, 9.17) is 0 Å². The summed E-state index contributed by atoms with van der Waals surface area (Å²) in [7, 11) is 0. The number of aromatic nitrogens is 1. The summed E-state index contributed by atoms with van der Waals surface area (Å²) in [5, 5.41) is 7.53. The van der Waals surface area contributed by atoms with Gasteiger partial charge in [-0.05, 0) is 65.5 Å². The molecule has 0 saturated heterocycles. The van der Waals surface area contributed by atoms with Crippen molar-refractivity contribution in [3.63, 3.8) is 0 Å². The zero-order valence-electron chi connectivity index (χ0n) is 26.6. The molecule has 3 heteroatoms. The van der Waals surface area contributed by atoms with Crippen molar-refractivity contribution in [2.24, 2.45) is 0 Å². The van der Waals surface area contributed by atoms with Crippen LogP contribution in [0.3, 0.4) is 0 Å². The van der Waals surface area contributed by atoms with Crippen LogP contribution in [-0.2, 0) is 0 Å². The molecule has 2 aromatic heterocycles. The van der Waals surface area contributed by atoms with E-state index in [-0.39, 0.29) is 0 Å². The molecule has 0 saturated carbocycles. The molecular weight excluding hydrogens is 613 g/mol. The number of thiophene rings is 1. The Hall–Kier alpha value is -6.16. The van der Waals surface area contributed by atoms with Crippen molar-refractivity contribution in [2.75, 3.05) is 4.90 Å². The topological polar surface area (TPSA) is 8.17 Å². The van der Waals surface area contributed by atoms with E-state index in [0.717, 1.165) is 22.7 Å². The summed E-state index contributed by atoms with van der Waals surface area (Å²) >= 11 is 1.86. The largest absolute Gasteiger partial charge is 0.307 e. The molecule has 10 rings (SSSR count). The average molecular weight is 643 g/mol. The van der Waals surface area contributed by atoms with Crippen LogP contribution in [0.1, 0.15) is 0 Å². The van der Waals surface area contributed by atoms with E-state index in [9.17, 15) is 0 Å². The molecule has 0 unspecified atom stereocenters. The first kappa shape index (κ1) is 27.9. The standard InChI is InChI=1S/C46H30N2S/c1-2-16-33-31(14-1)15-13-26-40(33)47(39-21-7-3-17-34(39)32-28-29-46-38(30-32)37-20-6-12-27-45(37)49-46)43-24-10-11-25-44(43)48-41-22-8-4-18-35(41)36-19-5-9-23-42(36)48/h1-30H. The van der Waals surface area contributed by atoms with Gasteiger partial charge in [-0.2, -0.15) is 0 Å². The molecule has 2 heterocycles. The highest BCUT2D eigenvalue weighted by Gasteiger charge is 2.24. The van der Waals surface area contributed by atoms with Crippen molar-refractivity contribution in [2.45, 2.75) is 0 Å². The molecule has 8 aromatic carbocycles. The first-order valence-electron chi connectivity index (χ1n) is 16.7. The summed E-state index contributed by atoms with van der Waals surface area (Å²) in [5.74, 6) is 0. The van der Waals surface area contributed by atoms with E-state index in [1.165, 1.54) is 63.9 Å². The highest BCUT2D eigenvalue weighted by atomic mass is 32.1. The fourth-order valence-corrected chi connectivity index (χ4v) is 8.71. The molecule has 10 aromatic rings. The number of rotatable bonds is 5. The number of nitrogens with zero attached hydrogens (tertiary/aromatic N) is 2. The summed E-state index contributed by atoms with van der Waals surface area (Å²) < 4.78 is 5.06. The first-order valence-corrected chi connectivity index (χ1v) is 17.5. The Bertz CT molecular complexity index is 2800. The van der Waals surface area contributed by atoms with Crippen LogP contribution in [0.2, 0.25) is 0 Å². The van der Waals surface area contributed by atoms with Gasteiger partial charge in [-0.15, -0.1) is 11.3 Å². The van der Waals surface area contributed by atoms with Crippen LogP contribution in [0, 0.1) is 0 Å². The second-order valence-corrected chi connectivity index (χ2v) is 13.6. The van der Waals surface area contributed by atoms with Gasteiger partial charge >= 0.3 is 0 Å². The van der Waals surface area contributed by atoms with Crippen LogP contribution in [0.15, 0.2) is 182 Å². The predicted octanol–water partition coefficient (Wildman–Crippen LogP) is 13.4. The van der Waals surface area contributed by atoms with Gasteiger partial charge in [0.15, 0.2) is 0 Å². The number of fused-ring (bicyclic) bond motifs is 7. The summed E-state index contributed by atoms with van der Waals surface area (Å²) in [6, 6.07) is 66.3. The smallest absolute Gasteiger partial charge is 0.0702 e. The normalized spacial score (nSPS) is 11.7. The Morgan fingerprint density at radius 3 is 1.78 bits per heavy atom. The van der Waals surface area contributed by atoms with Gasteiger partial charge in [0.1, 0.15) is 0 Å². The molecule has 0 N–H and O–H groups in total. The molecule has 0 aliphatic rings. The molecule has 0 aliphatic carbocycles. The van der Waals surface area contributed by atoms with Gasteiger partial charge in [-0.25, -0.2) is 0 Å². The molecular formula is C46H30N2S. The molecule has 0 spiro atoms. The molecule has 0 amide bonds. The minimum atomic E-state index is 1.11. The van der Waals surface area contributed by atoms with Gasteiger partial charge in [-0.3, -0.25) is 0 Å². The Labute approximate surface area is 288 Å². The lowest BCUT2D eigenvalue weighted by Crippen LogP contribution is -2.14. The van der Waals surface area contributed by atoms with Crippen molar-refractivity contribution < 1.29 is 0 Å². The second kappa shape index (κ2) is 11.2. The molecule has 0 bridgehead atoms. The van der Waals surface area contributed by atoms with Gasteiger partial charge in [0.2, 0.25) is 0 Å². The number of hydrogen-bond acceptors (Lipinski definition) is 2. The van der Waals surface area contributed by atoms with Crippen LogP contribution in [0.5, 0.6) is 0 Å². The lowest BCUT2D eigenvalue weighted by Gasteiger charge is -2.31. The molecule has 0 fully saturated rings. The molecule has 0 radical (unpaired) electrons. The summed E-state index contributed by atoms with van der Waals surface area (Å²) in [4.78, 5) is 2.48. The Morgan fingerprint density at radius 1 is 0.388 bits per heavy atom. The van der Waals surface area contributed by atoms with E-state index >= 15 is 0 Å². The van der Waals surface area contributed by atoms with Gasteiger partial charge in [0.25, 0.3) is 0 Å². The monoisotopic (exact) mass is 642 g/mol. The maximum Gasteiger partial charge on any atom is 0.0702 e. The van der Waals surface area contributed by atoms with E-state index in [1.807, 2.05) is 11.3 Å². The van der Waals surface area contributed by atoms with Crippen LogP contribution in [0.4, 0.5) is 17.1 Å². The number of hydrogen-bond donors (Lipinski definition) is 0. The lowest BCUT2D eigenvalue weighted by molar-refractivity contribution is 1.15. The van der Waals surface area contributed by atoms with Gasteiger partial charge in [0, 0.05) is 41.9 Å². The summed E-state index contributed by atoms with van der Waals surface area (Å²) in [6.45, 7) is 0. The maximum atomic E-state index is 2.48. The number of anilines is 3. The zero-order valence-corrected chi connectivity index (χ0v) is 27.4. The van der Waals surface area contributed by atoms with E-state index in [2.05, 4.69) is 191 Å². The molecule has 2 nitrogen and oxygen atoms in total. The van der Waals surface area contributed by atoms with Gasteiger partial charge in [0.05, 0.1) is 33.8 Å². The van der Waals surface area contributed by atoms with Crippen molar-refractivity contribution in [3.8, 4) is 16.8 Å². The molecule has 0 aliphatic heterocycles. The quantitative estimate of drug-likeness (QED) is 0.181. The zero-order chi connectivity index (χ0) is 32.3. The van der Waals surface area contributed by atoms with Crippen molar-refractivity contribution in [1.82, 2.24) is 4.57 Å². The summed E-state index contributed by atoms with van der Waals surface area (Å²) in [5.41, 5.74) is 9.28. The molecule has 0 atom stereocenters. The van der Waals surface area contributed by atoms with Crippen molar-refractivity contribution in [3.05, 3.63) is 182 Å². The highest BCUT2D eigenvalue weighted by molar-refractivity contribution is 7.25. The van der Waals surface area contributed by atoms with E-state index < -0.39 is 0 Å². The lowest BCUT2D eigenvalue weighted by atomic mass is 9.98. The summed E-state index contributed by atoms with van der Waals surface area (Å²) in [6.07, 6.45) is 0. The third-order valence-corrected chi connectivity index (χ3v) is 10.9. The Balaban J connectivity index is 1.28. The average Bonchev–Trinajstić information content (AvgIpc) is 3.71. The van der Waals surface area contributed by atoms with Crippen LogP contribution in [-0.4, -0.2) is 4.57 Å².